The fourth-order valence-corrected chi connectivity index (χ4v) is 1.84. The van der Waals surface area contributed by atoms with Gasteiger partial charge >= 0.3 is 0 Å². The van der Waals surface area contributed by atoms with E-state index in [0.29, 0.717) is 16.7 Å². The number of rotatable bonds is 2. The molecule has 0 bridgehead atoms. The molecule has 0 spiro atoms. The van der Waals surface area contributed by atoms with Crippen LogP contribution < -0.4 is 0 Å². The summed E-state index contributed by atoms with van der Waals surface area (Å²) < 4.78 is 26.6. The van der Waals surface area contributed by atoms with Crippen LogP contribution in [0.25, 0.3) is 11.1 Å². The van der Waals surface area contributed by atoms with Crippen molar-refractivity contribution >= 4 is 11.6 Å². The molecule has 0 unspecified atom stereocenters. The summed E-state index contributed by atoms with van der Waals surface area (Å²) in [6, 6.07) is 10.6. The van der Waals surface area contributed by atoms with Gasteiger partial charge in [-0.3, -0.25) is 0 Å². The minimum Gasteiger partial charge on any atom is -0.207 e. The summed E-state index contributed by atoms with van der Waals surface area (Å²) in [6.07, 6.45) is 0. The molecule has 0 fully saturated rings. The van der Waals surface area contributed by atoms with E-state index >= 15 is 0 Å². The second-order valence-electron chi connectivity index (χ2n) is 3.41. The first-order chi connectivity index (χ1) is 7.72. The highest BCUT2D eigenvalue weighted by atomic mass is 35.5. The minimum absolute atomic E-state index is 0.154. The van der Waals surface area contributed by atoms with E-state index in [4.69, 9.17) is 11.6 Å². The number of hydrogen-bond acceptors (Lipinski definition) is 0. The molecule has 16 heavy (non-hydrogen) atoms. The van der Waals surface area contributed by atoms with E-state index < -0.39 is 0 Å². The van der Waals surface area contributed by atoms with Crippen molar-refractivity contribution in [2.24, 2.45) is 0 Å². The normalized spacial score (nSPS) is 10.4. The highest BCUT2D eigenvalue weighted by Gasteiger charge is 2.09. The van der Waals surface area contributed by atoms with Crippen LogP contribution >= 0.6 is 11.6 Å². The molecule has 0 aromatic heterocycles. The SMILES string of the molecule is Fc1ccc(-c2ccccc2F)c(CCl)c1. The molecule has 0 aliphatic heterocycles. The highest BCUT2D eigenvalue weighted by Crippen LogP contribution is 2.27. The van der Waals surface area contributed by atoms with Crippen LogP contribution in [0.15, 0.2) is 42.5 Å². The number of halogens is 3. The molecule has 2 aromatic rings. The van der Waals surface area contributed by atoms with Crippen molar-refractivity contribution in [1.29, 1.82) is 0 Å². The van der Waals surface area contributed by atoms with Crippen LogP contribution in [-0.4, -0.2) is 0 Å². The van der Waals surface area contributed by atoms with E-state index in [1.165, 1.54) is 18.2 Å². The molecule has 0 amide bonds. The quantitative estimate of drug-likeness (QED) is 0.682. The molecule has 0 atom stereocenters. The second-order valence-corrected chi connectivity index (χ2v) is 3.68. The van der Waals surface area contributed by atoms with Crippen molar-refractivity contribution in [3.63, 3.8) is 0 Å². The molecular weight excluding hydrogens is 230 g/mol. The van der Waals surface area contributed by atoms with Crippen molar-refractivity contribution in [1.82, 2.24) is 0 Å². The maximum atomic E-state index is 13.6. The second kappa shape index (κ2) is 4.62. The summed E-state index contributed by atoms with van der Waals surface area (Å²) in [5, 5.41) is 0. The molecule has 0 saturated carbocycles. The average Bonchev–Trinajstić information content (AvgIpc) is 2.30. The van der Waals surface area contributed by atoms with Gasteiger partial charge in [0.15, 0.2) is 0 Å². The van der Waals surface area contributed by atoms with E-state index in [2.05, 4.69) is 0 Å². The molecular formula is C13H9ClF2. The third kappa shape index (κ3) is 2.07. The smallest absolute Gasteiger partial charge is 0.131 e. The van der Waals surface area contributed by atoms with E-state index in [1.807, 2.05) is 0 Å². The van der Waals surface area contributed by atoms with Crippen molar-refractivity contribution < 1.29 is 8.78 Å². The monoisotopic (exact) mass is 238 g/mol. The summed E-state index contributed by atoms with van der Waals surface area (Å²) in [6.45, 7) is 0. The lowest BCUT2D eigenvalue weighted by atomic mass is 10.00. The zero-order chi connectivity index (χ0) is 11.5. The largest absolute Gasteiger partial charge is 0.207 e. The van der Waals surface area contributed by atoms with Gasteiger partial charge in [-0.1, -0.05) is 24.3 Å². The Morgan fingerprint density at radius 3 is 2.38 bits per heavy atom. The van der Waals surface area contributed by atoms with E-state index in [1.54, 1.807) is 24.3 Å². The topological polar surface area (TPSA) is 0 Å². The Kier molecular flexibility index (Phi) is 3.20. The van der Waals surface area contributed by atoms with Crippen LogP contribution in [-0.2, 0) is 5.88 Å². The van der Waals surface area contributed by atoms with E-state index in [0.717, 1.165) is 0 Å². The van der Waals surface area contributed by atoms with Gasteiger partial charge < -0.3 is 0 Å². The maximum Gasteiger partial charge on any atom is 0.131 e. The lowest BCUT2D eigenvalue weighted by Crippen LogP contribution is -1.90. The third-order valence-corrected chi connectivity index (χ3v) is 2.66. The zero-order valence-corrected chi connectivity index (χ0v) is 9.14. The van der Waals surface area contributed by atoms with Crippen LogP contribution in [0.4, 0.5) is 8.78 Å². The number of hydrogen-bond donors (Lipinski definition) is 0. The zero-order valence-electron chi connectivity index (χ0n) is 8.38. The Morgan fingerprint density at radius 1 is 0.938 bits per heavy atom. The van der Waals surface area contributed by atoms with Crippen molar-refractivity contribution in [3.8, 4) is 11.1 Å². The number of benzene rings is 2. The molecule has 0 aliphatic carbocycles. The fourth-order valence-electron chi connectivity index (χ4n) is 1.62. The van der Waals surface area contributed by atoms with Crippen LogP contribution in [0.2, 0.25) is 0 Å². The molecule has 0 heterocycles. The van der Waals surface area contributed by atoms with Gasteiger partial charge in [0, 0.05) is 11.4 Å². The van der Waals surface area contributed by atoms with Gasteiger partial charge in [-0.15, -0.1) is 11.6 Å². The Balaban J connectivity index is 2.60. The fraction of sp³-hybridized carbons (Fsp3) is 0.0769. The Labute approximate surface area is 97.5 Å². The van der Waals surface area contributed by atoms with Gasteiger partial charge in [0.2, 0.25) is 0 Å². The third-order valence-electron chi connectivity index (χ3n) is 2.38. The lowest BCUT2D eigenvalue weighted by Gasteiger charge is -2.08. The Morgan fingerprint density at radius 2 is 1.69 bits per heavy atom. The molecule has 2 aromatic carbocycles. The predicted octanol–water partition coefficient (Wildman–Crippen LogP) is 4.37. The Bertz CT molecular complexity index is 509. The summed E-state index contributed by atoms with van der Waals surface area (Å²) in [5.41, 5.74) is 1.67. The molecule has 0 aliphatic rings. The molecule has 2 rings (SSSR count). The summed E-state index contributed by atoms with van der Waals surface area (Å²) in [5.74, 6) is -0.544. The first-order valence-electron chi connectivity index (χ1n) is 4.81. The van der Waals surface area contributed by atoms with Crippen molar-refractivity contribution in [2.45, 2.75) is 5.88 Å². The summed E-state index contributed by atoms with van der Waals surface area (Å²) in [7, 11) is 0. The standard InChI is InChI=1S/C13H9ClF2/c14-8-9-7-10(15)5-6-11(9)12-3-1-2-4-13(12)16/h1-7H,8H2. The molecule has 0 nitrogen and oxygen atoms in total. The first-order valence-corrected chi connectivity index (χ1v) is 5.35. The van der Waals surface area contributed by atoms with Crippen LogP contribution in [0.3, 0.4) is 0 Å². The maximum absolute atomic E-state index is 13.6. The van der Waals surface area contributed by atoms with Gasteiger partial charge in [-0.2, -0.15) is 0 Å². The van der Waals surface area contributed by atoms with Gasteiger partial charge in [-0.05, 0) is 29.3 Å². The minimum atomic E-state index is -0.365. The lowest BCUT2D eigenvalue weighted by molar-refractivity contribution is 0.624. The van der Waals surface area contributed by atoms with Crippen LogP contribution in [0, 0.1) is 11.6 Å². The number of alkyl halides is 1. The highest BCUT2D eigenvalue weighted by molar-refractivity contribution is 6.17. The first kappa shape index (κ1) is 11.1. The van der Waals surface area contributed by atoms with E-state index in [9.17, 15) is 8.78 Å². The van der Waals surface area contributed by atoms with Gasteiger partial charge in [0.25, 0.3) is 0 Å². The molecule has 0 N–H and O–H groups in total. The van der Waals surface area contributed by atoms with Crippen LogP contribution in [0.1, 0.15) is 5.56 Å². The summed E-state index contributed by atoms with van der Waals surface area (Å²) in [4.78, 5) is 0. The van der Waals surface area contributed by atoms with Crippen LogP contribution in [0.5, 0.6) is 0 Å². The van der Waals surface area contributed by atoms with Crippen molar-refractivity contribution in [3.05, 3.63) is 59.7 Å². The average molecular weight is 239 g/mol. The molecule has 0 radical (unpaired) electrons. The van der Waals surface area contributed by atoms with Gasteiger partial charge in [0.1, 0.15) is 11.6 Å². The molecule has 3 heteroatoms. The predicted molar refractivity (Wildman–Crippen MR) is 61.4 cm³/mol. The summed E-state index contributed by atoms with van der Waals surface area (Å²) >= 11 is 5.72. The molecule has 82 valence electrons. The Hall–Kier alpha value is -1.41. The van der Waals surface area contributed by atoms with Gasteiger partial charge in [-0.25, -0.2) is 8.78 Å². The van der Waals surface area contributed by atoms with Crippen molar-refractivity contribution in [2.75, 3.05) is 0 Å². The molecule has 0 saturated heterocycles. The van der Waals surface area contributed by atoms with E-state index in [-0.39, 0.29) is 17.5 Å². The van der Waals surface area contributed by atoms with Gasteiger partial charge in [0.05, 0.1) is 0 Å².